The lowest BCUT2D eigenvalue weighted by atomic mass is 10.1. The average molecular weight is 255 g/mol. The Labute approximate surface area is 106 Å². The first kappa shape index (κ1) is 13.1. The Morgan fingerprint density at radius 1 is 1.39 bits per heavy atom. The lowest BCUT2D eigenvalue weighted by Gasteiger charge is -2.24. The Morgan fingerprint density at radius 3 is 2.50 bits per heavy atom. The van der Waals surface area contributed by atoms with E-state index in [-0.39, 0.29) is 11.4 Å². The van der Waals surface area contributed by atoms with Crippen LogP contribution in [-0.2, 0) is 0 Å². The number of likely N-dealkylation sites (tertiary alicyclic amines) is 1. The second kappa shape index (κ2) is 5.10. The van der Waals surface area contributed by atoms with Crippen molar-refractivity contribution in [1.29, 1.82) is 0 Å². The highest BCUT2D eigenvalue weighted by molar-refractivity contribution is 5.55. The molecule has 1 unspecified atom stereocenters. The first-order valence-electron chi connectivity index (χ1n) is 6.11. The quantitative estimate of drug-likeness (QED) is 0.838. The molecule has 3 nitrogen and oxygen atoms in total. The van der Waals surface area contributed by atoms with E-state index < -0.39 is 11.6 Å². The van der Waals surface area contributed by atoms with Crippen LogP contribution in [0.1, 0.15) is 6.42 Å². The van der Waals surface area contributed by atoms with Gasteiger partial charge in [-0.2, -0.15) is 0 Å². The smallest absolute Gasteiger partial charge is 0.151 e. The molecule has 0 radical (unpaired) electrons. The van der Waals surface area contributed by atoms with Crippen molar-refractivity contribution < 1.29 is 8.78 Å². The number of benzene rings is 1. The summed E-state index contributed by atoms with van der Waals surface area (Å²) in [5.41, 5.74) is 5.53. The molecule has 1 heterocycles. The third-order valence-electron chi connectivity index (χ3n) is 3.44. The van der Waals surface area contributed by atoms with E-state index in [4.69, 9.17) is 5.73 Å². The third kappa shape index (κ3) is 2.72. The molecule has 0 aromatic heterocycles. The van der Waals surface area contributed by atoms with Crippen LogP contribution in [-0.4, -0.2) is 38.6 Å². The van der Waals surface area contributed by atoms with Gasteiger partial charge in [-0.05, 0) is 38.1 Å². The fourth-order valence-electron chi connectivity index (χ4n) is 2.60. The van der Waals surface area contributed by atoms with Gasteiger partial charge in [-0.15, -0.1) is 0 Å². The maximum Gasteiger partial charge on any atom is 0.151 e. The Kier molecular flexibility index (Phi) is 3.71. The average Bonchev–Trinajstić information content (AvgIpc) is 2.62. The normalized spacial score (nSPS) is 20.3. The second-order valence-corrected chi connectivity index (χ2v) is 5.13. The van der Waals surface area contributed by atoms with Gasteiger partial charge >= 0.3 is 0 Å². The molecule has 1 aliphatic rings. The highest BCUT2D eigenvalue weighted by atomic mass is 19.1. The van der Waals surface area contributed by atoms with Gasteiger partial charge in [-0.25, -0.2) is 8.78 Å². The maximum atomic E-state index is 13.7. The summed E-state index contributed by atoms with van der Waals surface area (Å²) in [6.45, 7) is 2.68. The number of hydrogen-bond donors (Lipinski definition) is 1. The fourth-order valence-corrected chi connectivity index (χ4v) is 2.60. The summed E-state index contributed by atoms with van der Waals surface area (Å²) in [6.07, 6.45) is 1.07. The van der Waals surface area contributed by atoms with Crippen LogP contribution in [0.15, 0.2) is 12.1 Å². The van der Waals surface area contributed by atoms with E-state index in [1.807, 2.05) is 0 Å². The van der Waals surface area contributed by atoms with Crippen molar-refractivity contribution in [2.24, 2.45) is 5.92 Å². The number of nitrogens with two attached hydrogens (primary N) is 1. The summed E-state index contributed by atoms with van der Waals surface area (Å²) in [7, 11) is 3.78. The largest absolute Gasteiger partial charge is 0.399 e. The predicted octanol–water partition coefficient (Wildman–Crippen LogP) is 1.93. The zero-order valence-electron chi connectivity index (χ0n) is 10.8. The number of nitrogen functional groups attached to an aromatic ring is 1. The molecule has 0 aliphatic carbocycles. The molecule has 2 rings (SSSR count). The molecule has 18 heavy (non-hydrogen) atoms. The highest BCUT2D eigenvalue weighted by Gasteiger charge is 2.23. The zero-order valence-corrected chi connectivity index (χ0v) is 10.8. The molecule has 100 valence electrons. The monoisotopic (exact) mass is 255 g/mol. The number of hydrogen-bond acceptors (Lipinski definition) is 3. The van der Waals surface area contributed by atoms with Gasteiger partial charge in [-0.1, -0.05) is 0 Å². The van der Waals surface area contributed by atoms with Gasteiger partial charge in [0.25, 0.3) is 0 Å². The topological polar surface area (TPSA) is 32.5 Å². The first-order chi connectivity index (χ1) is 8.47. The Morgan fingerprint density at radius 2 is 2.00 bits per heavy atom. The second-order valence-electron chi connectivity index (χ2n) is 5.13. The maximum absolute atomic E-state index is 13.7. The molecule has 0 saturated carbocycles. The summed E-state index contributed by atoms with van der Waals surface area (Å²) in [5, 5.41) is 0. The Bertz CT molecular complexity index is 413. The molecule has 0 spiro atoms. The van der Waals surface area contributed by atoms with Gasteiger partial charge in [0.1, 0.15) is 5.69 Å². The molecule has 1 aromatic rings. The number of halogens is 2. The van der Waals surface area contributed by atoms with Crippen molar-refractivity contribution in [3.63, 3.8) is 0 Å². The third-order valence-corrected chi connectivity index (χ3v) is 3.44. The van der Waals surface area contributed by atoms with E-state index in [1.165, 1.54) is 0 Å². The molecule has 1 atom stereocenters. The fraction of sp³-hybridized carbons (Fsp3) is 0.538. The minimum absolute atomic E-state index is 0.0127. The van der Waals surface area contributed by atoms with Crippen LogP contribution in [0.5, 0.6) is 0 Å². The number of nitrogens with zero attached hydrogens (tertiary/aromatic N) is 2. The van der Waals surface area contributed by atoms with Crippen LogP contribution in [0.25, 0.3) is 0 Å². The van der Waals surface area contributed by atoms with E-state index >= 15 is 0 Å². The van der Waals surface area contributed by atoms with Crippen LogP contribution >= 0.6 is 0 Å². The van der Waals surface area contributed by atoms with Crippen molar-refractivity contribution in [3.8, 4) is 0 Å². The van der Waals surface area contributed by atoms with Crippen LogP contribution < -0.4 is 10.6 Å². The number of anilines is 2. The van der Waals surface area contributed by atoms with Gasteiger partial charge < -0.3 is 15.5 Å². The molecule has 5 heteroatoms. The van der Waals surface area contributed by atoms with Crippen LogP contribution in [0.3, 0.4) is 0 Å². The van der Waals surface area contributed by atoms with Gasteiger partial charge in [0, 0.05) is 25.8 Å². The molecule has 1 aromatic carbocycles. The predicted molar refractivity (Wildman–Crippen MR) is 69.6 cm³/mol. The Hall–Kier alpha value is -1.36. The zero-order chi connectivity index (χ0) is 13.3. The molecule has 0 amide bonds. The lowest BCUT2D eigenvalue weighted by Crippen LogP contribution is -2.28. The van der Waals surface area contributed by atoms with Gasteiger partial charge in [-0.3, -0.25) is 0 Å². The first-order valence-corrected chi connectivity index (χ1v) is 6.11. The minimum Gasteiger partial charge on any atom is -0.399 e. The molecule has 1 fully saturated rings. The summed E-state index contributed by atoms with van der Waals surface area (Å²) >= 11 is 0. The van der Waals surface area contributed by atoms with Crippen molar-refractivity contribution in [3.05, 3.63) is 23.8 Å². The van der Waals surface area contributed by atoms with Crippen LogP contribution in [0.4, 0.5) is 20.2 Å². The van der Waals surface area contributed by atoms with Crippen LogP contribution in [0.2, 0.25) is 0 Å². The molecule has 1 aliphatic heterocycles. The molecular formula is C13H19F2N3. The summed E-state index contributed by atoms with van der Waals surface area (Å²) < 4.78 is 27.5. The van der Waals surface area contributed by atoms with E-state index in [0.717, 1.165) is 31.6 Å². The van der Waals surface area contributed by atoms with Crippen molar-refractivity contribution >= 4 is 11.4 Å². The summed E-state index contributed by atoms with van der Waals surface area (Å²) in [6, 6.07) is 2.32. The van der Waals surface area contributed by atoms with Crippen molar-refractivity contribution in [1.82, 2.24) is 4.90 Å². The van der Waals surface area contributed by atoms with E-state index in [2.05, 4.69) is 11.9 Å². The molecule has 2 N–H and O–H groups in total. The summed E-state index contributed by atoms with van der Waals surface area (Å²) in [5.74, 6) is -0.737. The van der Waals surface area contributed by atoms with Gasteiger partial charge in [0.2, 0.25) is 0 Å². The molecular weight excluding hydrogens is 236 g/mol. The summed E-state index contributed by atoms with van der Waals surface area (Å²) in [4.78, 5) is 3.88. The van der Waals surface area contributed by atoms with Crippen LogP contribution in [0, 0.1) is 17.6 Å². The van der Waals surface area contributed by atoms with Gasteiger partial charge in [0.05, 0.1) is 0 Å². The van der Waals surface area contributed by atoms with Gasteiger partial charge in [0.15, 0.2) is 11.6 Å². The molecule has 0 bridgehead atoms. The SMILES string of the molecule is CN1CCC(CN(C)c2c(F)cc(N)cc2F)C1. The van der Waals surface area contributed by atoms with E-state index in [1.54, 1.807) is 11.9 Å². The minimum atomic E-state index is -0.596. The Balaban J connectivity index is 2.11. The van der Waals surface area contributed by atoms with Crippen molar-refractivity contribution in [2.45, 2.75) is 6.42 Å². The number of rotatable bonds is 3. The molecule has 1 saturated heterocycles. The van der Waals surface area contributed by atoms with E-state index in [0.29, 0.717) is 12.5 Å². The standard InChI is InChI=1S/C13H19F2N3/c1-17-4-3-9(7-17)8-18(2)13-11(14)5-10(16)6-12(13)15/h5-6,9H,3-4,7-8,16H2,1-2H3. The van der Waals surface area contributed by atoms with Crippen molar-refractivity contribution in [2.75, 3.05) is 44.4 Å². The lowest BCUT2D eigenvalue weighted by molar-refractivity contribution is 0.395. The highest BCUT2D eigenvalue weighted by Crippen LogP contribution is 2.27. The van der Waals surface area contributed by atoms with E-state index in [9.17, 15) is 8.78 Å².